The topological polar surface area (TPSA) is 83.9 Å². The summed E-state index contributed by atoms with van der Waals surface area (Å²) in [6.07, 6.45) is -0.00138. The molecule has 0 aromatic heterocycles. The van der Waals surface area contributed by atoms with E-state index in [4.69, 9.17) is 4.74 Å². The summed E-state index contributed by atoms with van der Waals surface area (Å²) in [5.41, 5.74) is 3.15. The predicted octanol–water partition coefficient (Wildman–Crippen LogP) is 4.65. The molecule has 2 atom stereocenters. The maximum atomic E-state index is 13.5. The standard InChI is InChI=1S/C26H27NO5S/c1-19-18-26(25(28)29,33(30,31)24-14-12-23(32-2)13-15-24)16-17-27(19)22-10-8-21(9-11-22)20-6-4-3-5-7-20/h3-15,19H,16-18H2,1-2H3,(H,28,29). The molecule has 0 bridgehead atoms. The first-order chi connectivity index (χ1) is 15.8. The van der Waals surface area contributed by atoms with Crippen molar-refractivity contribution < 1.29 is 23.1 Å². The van der Waals surface area contributed by atoms with Gasteiger partial charge in [0.05, 0.1) is 12.0 Å². The van der Waals surface area contributed by atoms with Crippen LogP contribution >= 0.6 is 0 Å². The lowest BCUT2D eigenvalue weighted by Gasteiger charge is -2.43. The van der Waals surface area contributed by atoms with E-state index in [0.717, 1.165) is 16.8 Å². The largest absolute Gasteiger partial charge is 0.497 e. The number of carboxylic acid groups (broad SMARTS) is 1. The molecule has 0 radical (unpaired) electrons. The molecule has 1 aliphatic heterocycles. The fourth-order valence-corrected chi connectivity index (χ4v) is 6.60. The molecule has 0 spiro atoms. The van der Waals surface area contributed by atoms with Crippen LogP contribution in [0.4, 0.5) is 5.69 Å². The van der Waals surface area contributed by atoms with Crippen molar-refractivity contribution >= 4 is 21.5 Å². The third kappa shape index (κ3) is 4.09. The van der Waals surface area contributed by atoms with E-state index in [1.807, 2.05) is 61.5 Å². The van der Waals surface area contributed by atoms with Crippen LogP contribution < -0.4 is 9.64 Å². The minimum Gasteiger partial charge on any atom is -0.497 e. The number of benzene rings is 3. The van der Waals surface area contributed by atoms with E-state index in [0.29, 0.717) is 12.3 Å². The van der Waals surface area contributed by atoms with Crippen molar-refractivity contribution in [1.29, 1.82) is 0 Å². The lowest BCUT2D eigenvalue weighted by Crippen LogP contribution is -2.57. The van der Waals surface area contributed by atoms with E-state index in [-0.39, 0.29) is 23.8 Å². The third-order valence-electron chi connectivity index (χ3n) is 6.49. The van der Waals surface area contributed by atoms with E-state index >= 15 is 0 Å². The highest BCUT2D eigenvalue weighted by Crippen LogP contribution is 2.40. The van der Waals surface area contributed by atoms with Crippen LogP contribution in [0, 0.1) is 0 Å². The fraction of sp³-hybridized carbons (Fsp3) is 0.269. The normalized spacial score (nSPS) is 20.9. The van der Waals surface area contributed by atoms with Gasteiger partial charge >= 0.3 is 5.97 Å². The Kier molecular flexibility index (Phi) is 6.17. The molecule has 2 unspecified atom stereocenters. The Morgan fingerprint density at radius 1 is 0.970 bits per heavy atom. The van der Waals surface area contributed by atoms with E-state index in [1.165, 1.54) is 31.4 Å². The zero-order valence-electron chi connectivity index (χ0n) is 18.6. The minimum absolute atomic E-state index is 0.00133. The first-order valence-electron chi connectivity index (χ1n) is 10.8. The number of carbonyl (C=O) groups is 1. The molecule has 3 aromatic rings. The molecule has 0 saturated carbocycles. The molecule has 1 heterocycles. The van der Waals surface area contributed by atoms with Gasteiger partial charge in [-0.3, -0.25) is 4.79 Å². The number of piperidine rings is 1. The summed E-state index contributed by atoms with van der Waals surface area (Å²) in [7, 11) is -2.62. The summed E-state index contributed by atoms with van der Waals surface area (Å²) in [4.78, 5) is 14.5. The van der Waals surface area contributed by atoms with Crippen LogP contribution in [-0.4, -0.2) is 43.9 Å². The summed E-state index contributed by atoms with van der Waals surface area (Å²) in [6, 6.07) is 23.8. The smallest absolute Gasteiger partial charge is 0.325 e. The highest BCUT2D eigenvalue weighted by Gasteiger charge is 2.55. The van der Waals surface area contributed by atoms with Gasteiger partial charge in [-0.05, 0) is 67.3 Å². The van der Waals surface area contributed by atoms with Crippen LogP contribution in [0.1, 0.15) is 19.8 Å². The number of nitrogens with zero attached hydrogens (tertiary/aromatic N) is 1. The maximum Gasteiger partial charge on any atom is 0.325 e. The minimum atomic E-state index is -4.11. The van der Waals surface area contributed by atoms with Crippen molar-refractivity contribution in [3.05, 3.63) is 78.9 Å². The van der Waals surface area contributed by atoms with E-state index in [9.17, 15) is 18.3 Å². The molecule has 172 valence electrons. The fourth-order valence-electron chi connectivity index (χ4n) is 4.60. The van der Waals surface area contributed by atoms with Crippen LogP contribution in [0.3, 0.4) is 0 Å². The Morgan fingerprint density at radius 2 is 1.58 bits per heavy atom. The molecule has 3 aromatic carbocycles. The van der Waals surface area contributed by atoms with Crippen molar-refractivity contribution in [2.75, 3.05) is 18.6 Å². The number of hydrogen-bond donors (Lipinski definition) is 1. The second kappa shape index (κ2) is 8.90. The van der Waals surface area contributed by atoms with Gasteiger partial charge in [0.2, 0.25) is 0 Å². The number of sulfone groups is 1. The van der Waals surface area contributed by atoms with Gasteiger partial charge in [-0.1, -0.05) is 42.5 Å². The summed E-state index contributed by atoms with van der Waals surface area (Å²) in [5, 5.41) is 10.1. The molecule has 7 heteroatoms. The van der Waals surface area contributed by atoms with Crippen molar-refractivity contribution in [2.45, 2.75) is 35.4 Å². The van der Waals surface area contributed by atoms with Gasteiger partial charge in [0.25, 0.3) is 0 Å². The van der Waals surface area contributed by atoms with Crippen LogP contribution in [-0.2, 0) is 14.6 Å². The van der Waals surface area contributed by atoms with Crippen LogP contribution in [0.5, 0.6) is 5.75 Å². The Morgan fingerprint density at radius 3 is 2.12 bits per heavy atom. The SMILES string of the molecule is COc1ccc(S(=O)(=O)C2(C(=O)O)CCN(c3ccc(-c4ccccc4)cc3)C(C)C2)cc1. The monoisotopic (exact) mass is 465 g/mol. The quantitative estimate of drug-likeness (QED) is 0.571. The van der Waals surface area contributed by atoms with E-state index < -0.39 is 20.6 Å². The summed E-state index contributed by atoms with van der Waals surface area (Å²) in [5.74, 6) is -0.787. The first kappa shape index (κ1) is 22.9. The lowest BCUT2D eigenvalue weighted by molar-refractivity contribution is -0.141. The number of ether oxygens (including phenoxy) is 1. The van der Waals surface area contributed by atoms with Crippen LogP contribution in [0.15, 0.2) is 83.8 Å². The number of methoxy groups -OCH3 is 1. The van der Waals surface area contributed by atoms with Crippen molar-refractivity contribution in [2.24, 2.45) is 0 Å². The molecule has 1 fully saturated rings. The lowest BCUT2D eigenvalue weighted by atomic mass is 9.90. The highest BCUT2D eigenvalue weighted by atomic mass is 32.2. The molecular formula is C26H27NO5S. The molecular weight excluding hydrogens is 438 g/mol. The molecule has 6 nitrogen and oxygen atoms in total. The van der Waals surface area contributed by atoms with Gasteiger partial charge in [-0.2, -0.15) is 0 Å². The van der Waals surface area contributed by atoms with Crippen LogP contribution in [0.25, 0.3) is 11.1 Å². The predicted molar refractivity (Wildman–Crippen MR) is 128 cm³/mol. The zero-order chi connectivity index (χ0) is 23.6. The van der Waals surface area contributed by atoms with E-state index in [1.54, 1.807) is 0 Å². The van der Waals surface area contributed by atoms with Crippen molar-refractivity contribution in [3.63, 3.8) is 0 Å². The average molecular weight is 466 g/mol. The van der Waals surface area contributed by atoms with Crippen LogP contribution in [0.2, 0.25) is 0 Å². The molecule has 0 amide bonds. The van der Waals surface area contributed by atoms with Crippen molar-refractivity contribution in [3.8, 4) is 16.9 Å². The number of carboxylic acids is 1. The summed E-state index contributed by atoms with van der Waals surface area (Å²) < 4.78 is 30.2. The molecule has 1 saturated heterocycles. The van der Waals surface area contributed by atoms with Gasteiger partial charge in [-0.15, -0.1) is 0 Å². The third-order valence-corrected chi connectivity index (χ3v) is 8.96. The average Bonchev–Trinajstić information content (AvgIpc) is 2.84. The van der Waals surface area contributed by atoms with Gasteiger partial charge < -0.3 is 14.7 Å². The number of hydrogen-bond acceptors (Lipinski definition) is 5. The van der Waals surface area contributed by atoms with Gasteiger partial charge in [-0.25, -0.2) is 8.42 Å². The summed E-state index contributed by atoms with van der Waals surface area (Å²) >= 11 is 0. The summed E-state index contributed by atoms with van der Waals surface area (Å²) in [6.45, 7) is 2.21. The Bertz CT molecular complexity index is 1220. The van der Waals surface area contributed by atoms with E-state index in [2.05, 4.69) is 4.90 Å². The highest BCUT2D eigenvalue weighted by molar-refractivity contribution is 7.93. The zero-order valence-corrected chi connectivity index (χ0v) is 19.5. The number of rotatable bonds is 6. The van der Waals surface area contributed by atoms with Gasteiger partial charge in [0, 0.05) is 18.3 Å². The molecule has 0 aliphatic carbocycles. The first-order valence-corrected chi connectivity index (χ1v) is 12.3. The molecule has 33 heavy (non-hydrogen) atoms. The number of aliphatic carboxylic acids is 1. The Balaban J connectivity index is 1.60. The number of anilines is 1. The molecule has 1 aliphatic rings. The second-order valence-corrected chi connectivity index (χ2v) is 10.6. The molecule has 4 rings (SSSR count). The maximum absolute atomic E-state index is 13.5. The Labute approximate surface area is 194 Å². The van der Waals surface area contributed by atoms with Gasteiger partial charge in [0.1, 0.15) is 5.75 Å². The van der Waals surface area contributed by atoms with Gasteiger partial charge in [0.15, 0.2) is 14.6 Å². The Hall–Kier alpha value is -3.32. The second-order valence-electron chi connectivity index (χ2n) is 8.39. The molecule has 1 N–H and O–H groups in total. The van der Waals surface area contributed by atoms with Crippen molar-refractivity contribution in [1.82, 2.24) is 0 Å².